The summed E-state index contributed by atoms with van der Waals surface area (Å²) in [5.41, 5.74) is 8.97. The maximum absolute atomic E-state index is 6.52. The van der Waals surface area contributed by atoms with Gasteiger partial charge in [-0.25, -0.2) is 0 Å². The third kappa shape index (κ3) is 4.80. The summed E-state index contributed by atoms with van der Waals surface area (Å²) in [6, 6.07) is 31.8. The maximum Gasteiger partial charge on any atom is 0.494 e. The van der Waals surface area contributed by atoms with Gasteiger partial charge in [0.2, 0.25) is 0 Å². The lowest BCUT2D eigenvalue weighted by Gasteiger charge is -2.32. The lowest BCUT2D eigenvalue weighted by molar-refractivity contribution is 0.00578. The van der Waals surface area contributed by atoms with Crippen LogP contribution in [0.1, 0.15) is 27.7 Å². The van der Waals surface area contributed by atoms with E-state index >= 15 is 0 Å². The highest BCUT2D eigenvalue weighted by molar-refractivity contribution is 6.62. The van der Waals surface area contributed by atoms with Crippen molar-refractivity contribution in [3.63, 3.8) is 0 Å². The molecule has 1 aliphatic rings. The van der Waals surface area contributed by atoms with Crippen molar-refractivity contribution in [3.8, 4) is 44.5 Å². The average molecular weight is 510 g/mol. The molecule has 1 saturated heterocycles. The molecule has 2 aromatic heterocycles. The first-order chi connectivity index (χ1) is 18.8. The van der Waals surface area contributed by atoms with E-state index in [1.807, 2.05) is 24.5 Å². The zero-order chi connectivity index (χ0) is 27.0. The molecule has 6 rings (SSSR count). The molecule has 1 aliphatic heterocycles. The van der Waals surface area contributed by atoms with Gasteiger partial charge in [0.25, 0.3) is 0 Å². The van der Waals surface area contributed by atoms with Crippen molar-refractivity contribution in [2.75, 3.05) is 0 Å². The second kappa shape index (κ2) is 9.92. The number of aromatic nitrogens is 2. The van der Waals surface area contributed by atoms with Gasteiger partial charge in [0.1, 0.15) is 0 Å². The SMILES string of the molecule is CC1(C)OB(c2cc(-c3ccccc3-c3cccnc3)cc(-c3ccccc3-c3cccnc3)c2)OC1(C)C. The Morgan fingerprint density at radius 1 is 0.513 bits per heavy atom. The second-order valence-electron chi connectivity index (χ2n) is 11.0. The average Bonchev–Trinajstić information content (AvgIpc) is 3.20. The van der Waals surface area contributed by atoms with Crippen LogP contribution in [0.15, 0.2) is 116 Å². The number of hydrogen-bond acceptors (Lipinski definition) is 4. The highest BCUT2D eigenvalue weighted by atomic mass is 16.7. The largest absolute Gasteiger partial charge is 0.494 e. The van der Waals surface area contributed by atoms with Gasteiger partial charge in [-0.3, -0.25) is 9.97 Å². The van der Waals surface area contributed by atoms with Crippen LogP contribution in [0.3, 0.4) is 0 Å². The standard InChI is InChI=1S/C34H31BN2O2/c1-33(2)34(3,4)39-35(38-33)28-20-26(31-15-7-5-13-29(31)24-11-9-17-36-22-24)19-27(21-28)32-16-8-6-14-30(32)25-12-10-18-37-23-25/h5-23H,1-4H3. The number of benzene rings is 3. The van der Waals surface area contributed by atoms with E-state index in [1.165, 1.54) is 0 Å². The van der Waals surface area contributed by atoms with Gasteiger partial charge in [-0.05, 0) is 84.7 Å². The number of rotatable bonds is 5. The molecule has 0 bridgehead atoms. The van der Waals surface area contributed by atoms with Crippen molar-refractivity contribution in [2.45, 2.75) is 38.9 Å². The van der Waals surface area contributed by atoms with Gasteiger partial charge in [0.15, 0.2) is 0 Å². The summed E-state index contributed by atoms with van der Waals surface area (Å²) in [6.07, 6.45) is 7.43. The first kappa shape index (κ1) is 25.2. The van der Waals surface area contributed by atoms with Crippen molar-refractivity contribution in [1.29, 1.82) is 0 Å². The number of pyridine rings is 2. The van der Waals surface area contributed by atoms with Crippen LogP contribution in [0, 0.1) is 0 Å². The van der Waals surface area contributed by atoms with E-state index in [-0.39, 0.29) is 0 Å². The summed E-state index contributed by atoms with van der Waals surface area (Å²) >= 11 is 0. The van der Waals surface area contributed by atoms with Crippen LogP contribution in [0.25, 0.3) is 44.5 Å². The summed E-state index contributed by atoms with van der Waals surface area (Å²) in [4.78, 5) is 8.75. The minimum Gasteiger partial charge on any atom is -0.399 e. The quantitative estimate of drug-likeness (QED) is 0.231. The molecule has 39 heavy (non-hydrogen) atoms. The minimum absolute atomic E-state index is 0.435. The van der Waals surface area contributed by atoms with Crippen LogP contribution in [-0.4, -0.2) is 28.3 Å². The van der Waals surface area contributed by atoms with Crippen LogP contribution in [-0.2, 0) is 9.31 Å². The summed E-state index contributed by atoms with van der Waals surface area (Å²) in [7, 11) is -0.482. The van der Waals surface area contributed by atoms with Crippen molar-refractivity contribution in [3.05, 3.63) is 116 Å². The first-order valence-corrected chi connectivity index (χ1v) is 13.3. The Bertz CT molecular complexity index is 1500. The van der Waals surface area contributed by atoms with Crippen LogP contribution in [0.5, 0.6) is 0 Å². The Morgan fingerprint density at radius 3 is 1.31 bits per heavy atom. The molecular formula is C34H31BN2O2. The van der Waals surface area contributed by atoms with Gasteiger partial charge >= 0.3 is 7.12 Å². The van der Waals surface area contributed by atoms with E-state index < -0.39 is 18.3 Å². The van der Waals surface area contributed by atoms with Gasteiger partial charge in [0, 0.05) is 35.9 Å². The van der Waals surface area contributed by atoms with E-state index in [4.69, 9.17) is 9.31 Å². The fourth-order valence-electron chi connectivity index (χ4n) is 5.10. The smallest absolute Gasteiger partial charge is 0.399 e. The fraction of sp³-hybridized carbons (Fsp3) is 0.176. The molecule has 1 fully saturated rings. The molecule has 3 heterocycles. The van der Waals surface area contributed by atoms with E-state index in [1.54, 1.807) is 12.4 Å². The molecular weight excluding hydrogens is 479 g/mol. The minimum atomic E-state index is -0.482. The second-order valence-corrected chi connectivity index (χ2v) is 11.0. The Kier molecular flexibility index (Phi) is 6.42. The summed E-state index contributed by atoms with van der Waals surface area (Å²) in [5.74, 6) is 0. The Labute approximate surface area is 230 Å². The molecule has 0 unspecified atom stereocenters. The molecule has 5 aromatic rings. The molecule has 0 N–H and O–H groups in total. The monoisotopic (exact) mass is 510 g/mol. The summed E-state index contributed by atoms with van der Waals surface area (Å²) in [5, 5.41) is 0. The molecule has 3 aromatic carbocycles. The lowest BCUT2D eigenvalue weighted by Crippen LogP contribution is -2.41. The van der Waals surface area contributed by atoms with Crippen molar-refractivity contribution < 1.29 is 9.31 Å². The molecule has 0 aliphatic carbocycles. The van der Waals surface area contributed by atoms with E-state index in [0.29, 0.717) is 0 Å². The number of nitrogens with zero attached hydrogens (tertiary/aromatic N) is 2. The van der Waals surface area contributed by atoms with Gasteiger partial charge in [-0.1, -0.05) is 72.8 Å². The highest BCUT2D eigenvalue weighted by Gasteiger charge is 2.51. The lowest BCUT2D eigenvalue weighted by atomic mass is 9.75. The molecule has 0 amide bonds. The predicted molar refractivity (Wildman–Crippen MR) is 159 cm³/mol. The van der Waals surface area contributed by atoms with E-state index in [2.05, 4.69) is 117 Å². The van der Waals surface area contributed by atoms with E-state index in [9.17, 15) is 0 Å². The van der Waals surface area contributed by atoms with Crippen molar-refractivity contribution >= 4 is 12.6 Å². The highest BCUT2D eigenvalue weighted by Crippen LogP contribution is 2.39. The Morgan fingerprint density at radius 2 is 0.923 bits per heavy atom. The van der Waals surface area contributed by atoms with Gasteiger partial charge in [0.05, 0.1) is 11.2 Å². The molecule has 0 atom stereocenters. The maximum atomic E-state index is 6.52. The first-order valence-electron chi connectivity index (χ1n) is 13.3. The Balaban J connectivity index is 1.56. The zero-order valence-corrected chi connectivity index (χ0v) is 22.8. The molecule has 4 nitrogen and oxygen atoms in total. The zero-order valence-electron chi connectivity index (χ0n) is 22.8. The number of hydrogen-bond donors (Lipinski definition) is 0. The molecule has 0 radical (unpaired) electrons. The van der Waals surface area contributed by atoms with Crippen LogP contribution < -0.4 is 5.46 Å². The van der Waals surface area contributed by atoms with Crippen LogP contribution >= 0.6 is 0 Å². The molecule has 5 heteroatoms. The third-order valence-electron chi connectivity index (χ3n) is 7.90. The molecule has 0 saturated carbocycles. The predicted octanol–water partition coefficient (Wildman–Crippen LogP) is 7.44. The van der Waals surface area contributed by atoms with E-state index in [0.717, 1.165) is 50.0 Å². The third-order valence-corrected chi connectivity index (χ3v) is 7.90. The van der Waals surface area contributed by atoms with Crippen molar-refractivity contribution in [2.24, 2.45) is 0 Å². The Hall–Kier alpha value is -4.06. The van der Waals surface area contributed by atoms with Gasteiger partial charge in [-0.15, -0.1) is 0 Å². The summed E-state index contributed by atoms with van der Waals surface area (Å²) < 4.78 is 13.0. The summed E-state index contributed by atoms with van der Waals surface area (Å²) in [6.45, 7) is 8.36. The normalized spacial score (nSPS) is 15.8. The fourth-order valence-corrected chi connectivity index (χ4v) is 5.10. The van der Waals surface area contributed by atoms with Crippen molar-refractivity contribution in [1.82, 2.24) is 9.97 Å². The van der Waals surface area contributed by atoms with Crippen LogP contribution in [0.2, 0.25) is 0 Å². The molecule has 192 valence electrons. The van der Waals surface area contributed by atoms with Gasteiger partial charge < -0.3 is 9.31 Å². The molecule has 0 spiro atoms. The van der Waals surface area contributed by atoms with Crippen LogP contribution in [0.4, 0.5) is 0 Å². The van der Waals surface area contributed by atoms with Gasteiger partial charge in [-0.2, -0.15) is 0 Å². The topological polar surface area (TPSA) is 44.2 Å².